The van der Waals surface area contributed by atoms with Crippen molar-refractivity contribution in [2.75, 3.05) is 7.11 Å². The minimum atomic E-state index is -0.215. The topological polar surface area (TPSA) is 55.5 Å². The van der Waals surface area contributed by atoms with E-state index in [1.807, 2.05) is 32.9 Å². The predicted octanol–water partition coefficient (Wildman–Crippen LogP) is 2.87. The maximum atomic E-state index is 9.92. The molecule has 4 heteroatoms. The molecule has 0 bridgehead atoms. The first kappa shape index (κ1) is 15.1. The monoisotopic (exact) mass is 245 g/mol. The minimum absolute atomic E-state index is 0. The molecule has 0 radical (unpaired) electrons. The average Bonchev–Trinajstić information content (AvgIpc) is 2.16. The second-order valence-electron chi connectivity index (χ2n) is 4.74. The Bertz CT molecular complexity index is 347. The van der Waals surface area contributed by atoms with Gasteiger partial charge in [-0.2, -0.15) is 0 Å². The Morgan fingerprint density at radius 3 is 2.31 bits per heavy atom. The van der Waals surface area contributed by atoms with E-state index in [4.69, 9.17) is 10.5 Å². The van der Waals surface area contributed by atoms with Gasteiger partial charge in [0.2, 0.25) is 0 Å². The van der Waals surface area contributed by atoms with Crippen LogP contribution in [0, 0.1) is 5.41 Å². The van der Waals surface area contributed by atoms with Gasteiger partial charge in [-0.3, -0.25) is 0 Å². The molecule has 0 aliphatic rings. The van der Waals surface area contributed by atoms with Crippen molar-refractivity contribution in [1.82, 2.24) is 0 Å². The van der Waals surface area contributed by atoms with Crippen LogP contribution in [-0.4, -0.2) is 12.2 Å². The maximum absolute atomic E-state index is 9.92. The first-order valence-electron chi connectivity index (χ1n) is 4.99. The van der Waals surface area contributed by atoms with E-state index in [-0.39, 0.29) is 29.6 Å². The van der Waals surface area contributed by atoms with Crippen LogP contribution in [0.15, 0.2) is 18.2 Å². The minimum Gasteiger partial charge on any atom is -0.504 e. The fraction of sp³-hybridized carbons (Fsp3) is 0.500. The van der Waals surface area contributed by atoms with Crippen LogP contribution < -0.4 is 10.5 Å². The molecule has 1 aromatic rings. The van der Waals surface area contributed by atoms with Crippen LogP contribution >= 0.6 is 12.4 Å². The zero-order valence-electron chi connectivity index (χ0n) is 10.2. The second kappa shape index (κ2) is 5.41. The lowest BCUT2D eigenvalue weighted by Gasteiger charge is -2.28. The third-order valence-corrected chi connectivity index (χ3v) is 2.52. The van der Waals surface area contributed by atoms with E-state index < -0.39 is 0 Å². The molecule has 0 aromatic heterocycles. The van der Waals surface area contributed by atoms with Gasteiger partial charge in [-0.1, -0.05) is 32.9 Å². The number of rotatable bonds is 2. The van der Waals surface area contributed by atoms with Crippen molar-refractivity contribution in [2.24, 2.45) is 11.1 Å². The highest BCUT2D eigenvalue weighted by Gasteiger charge is 2.25. The van der Waals surface area contributed by atoms with E-state index in [1.54, 1.807) is 6.07 Å². The summed E-state index contributed by atoms with van der Waals surface area (Å²) in [5, 5.41) is 9.92. The van der Waals surface area contributed by atoms with E-state index in [0.29, 0.717) is 5.75 Å². The van der Waals surface area contributed by atoms with Crippen LogP contribution in [-0.2, 0) is 0 Å². The van der Waals surface area contributed by atoms with Crippen molar-refractivity contribution >= 4 is 12.4 Å². The largest absolute Gasteiger partial charge is 0.504 e. The molecular weight excluding hydrogens is 226 g/mol. The van der Waals surface area contributed by atoms with Crippen LogP contribution in [0.5, 0.6) is 11.5 Å². The first-order chi connectivity index (χ1) is 6.88. The van der Waals surface area contributed by atoms with Crippen LogP contribution in [0.3, 0.4) is 0 Å². The number of phenolic OH excluding ortho intramolecular Hbond substituents is 1. The number of benzene rings is 1. The first-order valence-corrected chi connectivity index (χ1v) is 4.99. The van der Waals surface area contributed by atoms with Crippen molar-refractivity contribution < 1.29 is 9.84 Å². The van der Waals surface area contributed by atoms with E-state index in [0.717, 1.165) is 5.56 Å². The maximum Gasteiger partial charge on any atom is 0.162 e. The van der Waals surface area contributed by atoms with Crippen molar-refractivity contribution in [1.29, 1.82) is 0 Å². The number of nitrogens with two attached hydrogens (primary N) is 1. The summed E-state index contributed by atoms with van der Waals surface area (Å²) in [4.78, 5) is 0. The molecule has 0 saturated heterocycles. The standard InChI is InChI=1S/C12H19NO2.ClH/c1-12(2,3)11(13)8-6-5-7-9(15-4)10(8)14;/h5-7,11,14H,13H2,1-4H3;1H/t11-;/m0./s1. The Labute approximate surface area is 103 Å². The predicted molar refractivity (Wildman–Crippen MR) is 68.3 cm³/mol. The summed E-state index contributed by atoms with van der Waals surface area (Å²) < 4.78 is 5.04. The molecule has 1 aromatic carbocycles. The summed E-state index contributed by atoms with van der Waals surface area (Å²) in [6.07, 6.45) is 0. The molecule has 3 nitrogen and oxygen atoms in total. The number of methoxy groups -OCH3 is 1. The van der Waals surface area contributed by atoms with Gasteiger partial charge in [0.05, 0.1) is 7.11 Å². The summed E-state index contributed by atoms with van der Waals surface area (Å²) in [7, 11) is 1.53. The second-order valence-corrected chi connectivity index (χ2v) is 4.74. The normalized spacial score (nSPS) is 12.8. The van der Waals surface area contributed by atoms with Crippen LogP contribution in [0.4, 0.5) is 0 Å². The third kappa shape index (κ3) is 3.03. The Morgan fingerprint density at radius 1 is 1.31 bits per heavy atom. The molecular formula is C12H20ClNO2. The number of halogens is 1. The van der Waals surface area contributed by atoms with Gasteiger partial charge in [-0.15, -0.1) is 12.4 Å². The number of hydrogen-bond donors (Lipinski definition) is 2. The Morgan fingerprint density at radius 2 is 1.88 bits per heavy atom. The van der Waals surface area contributed by atoms with Crippen molar-refractivity contribution in [3.63, 3.8) is 0 Å². The Balaban J connectivity index is 0.00000225. The Kier molecular flexibility index (Phi) is 5.10. The molecule has 0 amide bonds. The number of hydrogen-bond acceptors (Lipinski definition) is 3. The fourth-order valence-electron chi connectivity index (χ4n) is 1.42. The summed E-state index contributed by atoms with van der Waals surface area (Å²) in [6, 6.07) is 5.16. The van der Waals surface area contributed by atoms with Crippen molar-refractivity contribution in [2.45, 2.75) is 26.8 Å². The molecule has 0 aliphatic heterocycles. The Hall–Kier alpha value is -0.930. The summed E-state index contributed by atoms with van der Waals surface area (Å²) in [5.41, 5.74) is 6.71. The van der Waals surface area contributed by atoms with Gasteiger partial charge in [-0.05, 0) is 11.5 Å². The number of para-hydroxylation sites is 1. The zero-order chi connectivity index (χ0) is 11.6. The molecule has 0 unspecified atom stereocenters. The number of aromatic hydroxyl groups is 1. The molecule has 3 N–H and O–H groups in total. The smallest absolute Gasteiger partial charge is 0.162 e. The molecule has 0 aliphatic carbocycles. The molecule has 16 heavy (non-hydrogen) atoms. The molecule has 92 valence electrons. The van der Waals surface area contributed by atoms with Gasteiger partial charge >= 0.3 is 0 Å². The molecule has 1 rings (SSSR count). The summed E-state index contributed by atoms with van der Waals surface area (Å²) in [5.74, 6) is 0.606. The third-order valence-electron chi connectivity index (χ3n) is 2.52. The SMILES string of the molecule is COc1cccc([C@H](N)C(C)(C)C)c1O.Cl. The van der Waals surface area contributed by atoms with Crippen LogP contribution in [0.25, 0.3) is 0 Å². The lowest BCUT2D eigenvalue weighted by molar-refractivity contribution is 0.311. The highest BCUT2D eigenvalue weighted by Crippen LogP contribution is 2.39. The molecule has 1 atom stereocenters. The number of ether oxygens (including phenoxy) is 1. The lowest BCUT2D eigenvalue weighted by Crippen LogP contribution is -2.26. The quantitative estimate of drug-likeness (QED) is 0.843. The average molecular weight is 246 g/mol. The highest BCUT2D eigenvalue weighted by molar-refractivity contribution is 5.85. The van der Waals surface area contributed by atoms with E-state index in [9.17, 15) is 5.11 Å². The molecule has 0 heterocycles. The zero-order valence-corrected chi connectivity index (χ0v) is 11.0. The summed E-state index contributed by atoms with van der Waals surface area (Å²) >= 11 is 0. The van der Waals surface area contributed by atoms with E-state index in [2.05, 4.69) is 0 Å². The van der Waals surface area contributed by atoms with Gasteiger partial charge in [0.15, 0.2) is 11.5 Å². The van der Waals surface area contributed by atoms with Crippen molar-refractivity contribution in [3.8, 4) is 11.5 Å². The molecule has 0 spiro atoms. The highest BCUT2D eigenvalue weighted by atomic mass is 35.5. The van der Waals surface area contributed by atoms with Gasteiger partial charge in [0.25, 0.3) is 0 Å². The summed E-state index contributed by atoms with van der Waals surface area (Å²) in [6.45, 7) is 6.11. The van der Waals surface area contributed by atoms with Gasteiger partial charge in [-0.25, -0.2) is 0 Å². The lowest BCUT2D eigenvalue weighted by atomic mass is 9.82. The number of phenols is 1. The fourth-order valence-corrected chi connectivity index (χ4v) is 1.42. The molecule has 0 saturated carbocycles. The van der Waals surface area contributed by atoms with Crippen molar-refractivity contribution in [3.05, 3.63) is 23.8 Å². The van der Waals surface area contributed by atoms with Gasteiger partial charge in [0.1, 0.15) is 0 Å². The van der Waals surface area contributed by atoms with Gasteiger partial charge in [0, 0.05) is 11.6 Å². The van der Waals surface area contributed by atoms with Crippen LogP contribution in [0.1, 0.15) is 32.4 Å². The van der Waals surface area contributed by atoms with E-state index >= 15 is 0 Å². The van der Waals surface area contributed by atoms with Gasteiger partial charge < -0.3 is 15.6 Å². The van der Waals surface area contributed by atoms with E-state index in [1.165, 1.54) is 7.11 Å². The molecule has 0 fully saturated rings. The van der Waals surface area contributed by atoms with Crippen LogP contribution in [0.2, 0.25) is 0 Å².